The summed E-state index contributed by atoms with van der Waals surface area (Å²) in [7, 11) is -9.28. The number of hydrogen-bond acceptors (Lipinski definition) is 5. The standard InChI is InChI=1S/C17H19F3O3S.CH4O3S/c18-17(19,20)24(21,22)23-15-3-1-14(2-4-15)16-8-11-5-12(9-16)7-13(6-11)10-16;1-5(2,3)4/h1-4,11-13H,5-10H2;1H3,(H,2,3,4). The highest BCUT2D eigenvalue weighted by molar-refractivity contribution is 7.88. The van der Waals surface area contributed by atoms with Crippen molar-refractivity contribution in [3.05, 3.63) is 29.8 Å². The molecule has 0 aromatic heterocycles. The largest absolute Gasteiger partial charge is 0.534 e. The van der Waals surface area contributed by atoms with Gasteiger partial charge in [-0.05, 0) is 79.4 Å². The van der Waals surface area contributed by atoms with Gasteiger partial charge in [-0.15, -0.1) is 0 Å². The number of rotatable bonds is 3. The van der Waals surface area contributed by atoms with Crippen LogP contribution >= 0.6 is 0 Å². The fourth-order valence-corrected chi connectivity index (χ4v) is 5.96. The normalized spacial score (nSPS) is 31.1. The van der Waals surface area contributed by atoms with Crippen molar-refractivity contribution in [2.45, 2.75) is 49.4 Å². The summed E-state index contributed by atoms with van der Waals surface area (Å²) in [4.78, 5) is 0. The second-order valence-corrected chi connectivity index (χ2v) is 11.4. The molecule has 4 aliphatic rings. The molecule has 4 aliphatic carbocycles. The molecule has 164 valence electrons. The smallest absolute Gasteiger partial charge is 0.376 e. The van der Waals surface area contributed by atoms with Crippen LogP contribution in [-0.4, -0.2) is 33.2 Å². The van der Waals surface area contributed by atoms with E-state index in [9.17, 15) is 30.0 Å². The molecule has 5 rings (SSSR count). The molecule has 0 saturated heterocycles. The van der Waals surface area contributed by atoms with Gasteiger partial charge in [0.2, 0.25) is 0 Å². The van der Waals surface area contributed by atoms with Gasteiger partial charge in [0.15, 0.2) is 0 Å². The molecule has 0 aliphatic heterocycles. The third-order valence-electron chi connectivity index (χ3n) is 5.99. The lowest BCUT2D eigenvalue weighted by molar-refractivity contribution is -0.0500. The molecule has 4 fully saturated rings. The highest BCUT2D eigenvalue weighted by atomic mass is 32.2. The Labute approximate surface area is 168 Å². The molecule has 4 bridgehead atoms. The maximum Gasteiger partial charge on any atom is 0.534 e. The number of hydrogen-bond donors (Lipinski definition) is 1. The summed E-state index contributed by atoms with van der Waals surface area (Å²) >= 11 is 0. The fourth-order valence-electron chi connectivity index (χ4n) is 5.50. The Morgan fingerprint density at radius 3 is 1.66 bits per heavy atom. The first-order chi connectivity index (χ1) is 13.2. The Bertz CT molecular complexity index is 909. The van der Waals surface area contributed by atoms with Crippen LogP contribution in [0.5, 0.6) is 5.75 Å². The van der Waals surface area contributed by atoms with Gasteiger partial charge in [-0.25, -0.2) is 0 Å². The van der Waals surface area contributed by atoms with E-state index in [0.717, 1.165) is 42.6 Å². The van der Waals surface area contributed by atoms with Crippen LogP contribution in [0, 0.1) is 17.8 Å². The van der Waals surface area contributed by atoms with Crippen LogP contribution in [0.25, 0.3) is 0 Å². The van der Waals surface area contributed by atoms with Crippen LogP contribution in [0.15, 0.2) is 24.3 Å². The van der Waals surface area contributed by atoms with Crippen LogP contribution in [0.3, 0.4) is 0 Å². The zero-order chi connectivity index (χ0) is 21.7. The molecule has 0 heterocycles. The molecule has 11 heteroatoms. The monoisotopic (exact) mass is 456 g/mol. The molecule has 6 nitrogen and oxygen atoms in total. The maximum absolute atomic E-state index is 12.4. The summed E-state index contributed by atoms with van der Waals surface area (Å²) < 4.78 is 89.4. The van der Waals surface area contributed by atoms with E-state index in [-0.39, 0.29) is 11.2 Å². The second-order valence-electron chi connectivity index (χ2n) is 8.44. The van der Waals surface area contributed by atoms with E-state index < -0.39 is 25.7 Å². The van der Waals surface area contributed by atoms with Gasteiger partial charge in [0.1, 0.15) is 5.75 Å². The van der Waals surface area contributed by atoms with Gasteiger partial charge in [0.05, 0.1) is 6.26 Å². The Balaban J connectivity index is 0.000000431. The van der Waals surface area contributed by atoms with Crippen molar-refractivity contribution < 1.29 is 38.7 Å². The number of halogens is 3. The van der Waals surface area contributed by atoms with Crippen molar-refractivity contribution in [1.29, 1.82) is 0 Å². The molecule has 4 saturated carbocycles. The molecule has 1 aromatic rings. The summed E-state index contributed by atoms with van der Waals surface area (Å²) in [5, 5.41) is 0. The highest BCUT2D eigenvalue weighted by Crippen LogP contribution is 2.60. The first-order valence-corrected chi connectivity index (χ1v) is 12.5. The molecule has 0 amide bonds. The van der Waals surface area contributed by atoms with Crippen molar-refractivity contribution in [2.24, 2.45) is 17.8 Å². The number of alkyl halides is 3. The van der Waals surface area contributed by atoms with Crippen LogP contribution in [0.2, 0.25) is 0 Å². The molecule has 0 atom stereocenters. The van der Waals surface area contributed by atoms with Gasteiger partial charge < -0.3 is 4.18 Å². The van der Waals surface area contributed by atoms with E-state index in [1.54, 1.807) is 12.1 Å². The van der Waals surface area contributed by atoms with E-state index in [2.05, 4.69) is 4.18 Å². The van der Waals surface area contributed by atoms with Crippen molar-refractivity contribution in [3.63, 3.8) is 0 Å². The van der Waals surface area contributed by atoms with E-state index >= 15 is 0 Å². The average Bonchev–Trinajstić information content (AvgIpc) is 2.51. The van der Waals surface area contributed by atoms with E-state index in [1.807, 2.05) is 0 Å². The van der Waals surface area contributed by atoms with E-state index in [4.69, 9.17) is 4.55 Å². The van der Waals surface area contributed by atoms with Crippen LogP contribution in [-0.2, 0) is 25.7 Å². The third-order valence-corrected chi connectivity index (χ3v) is 6.97. The van der Waals surface area contributed by atoms with Gasteiger partial charge in [-0.1, -0.05) is 12.1 Å². The predicted octanol–water partition coefficient (Wildman–Crippen LogP) is 3.89. The minimum Gasteiger partial charge on any atom is -0.376 e. The average molecular weight is 457 g/mol. The summed E-state index contributed by atoms with van der Waals surface area (Å²) in [5.74, 6) is 1.99. The second kappa shape index (κ2) is 7.42. The minimum absolute atomic E-state index is 0.121. The number of benzene rings is 1. The summed E-state index contributed by atoms with van der Waals surface area (Å²) in [5.41, 5.74) is -4.18. The van der Waals surface area contributed by atoms with Crippen LogP contribution in [0.1, 0.15) is 44.1 Å². The minimum atomic E-state index is -5.61. The summed E-state index contributed by atoms with van der Waals surface area (Å²) in [6.45, 7) is 0. The first kappa shape index (κ1) is 22.4. The zero-order valence-electron chi connectivity index (χ0n) is 15.7. The maximum atomic E-state index is 12.4. The Kier molecular flexibility index (Phi) is 5.72. The van der Waals surface area contributed by atoms with Gasteiger partial charge in [-0.3, -0.25) is 4.55 Å². The predicted molar refractivity (Wildman–Crippen MR) is 99.4 cm³/mol. The Morgan fingerprint density at radius 2 is 1.31 bits per heavy atom. The quantitative estimate of drug-likeness (QED) is 0.421. The first-order valence-electron chi connectivity index (χ1n) is 9.21. The molecule has 1 N–H and O–H groups in total. The molecule has 1 aromatic carbocycles. The van der Waals surface area contributed by atoms with Gasteiger partial charge in [0, 0.05) is 0 Å². The molecule has 0 radical (unpaired) electrons. The van der Waals surface area contributed by atoms with Crippen molar-refractivity contribution in [1.82, 2.24) is 0 Å². The highest BCUT2D eigenvalue weighted by Gasteiger charge is 2.52. The van der Waals surface area contributed by atoms with E-state index in [1.165, 1.54) is 31.4 Å². The molecular weight excluding hydrogens is 433 g/mol. The molecule has 0 unspecified atom stereocenters. The van der Waals surface area contributed by atoms with Crippen molar-refractivity contribution in [2.75, 3.05) is 6.26 Å². The lowest BCUT2D eigenvalue weighted by atomic mass is 9.48. The topological polar surface area (TPSA) is 97.7 Å². The Hall–Kier alpha value is -1.33. The van der Waals surface area contributed by atoms with Gasteiger partial charge in [0.25, 0.3) is 10.1 Å². The van der Waals surface area contributed by atoms with Crippen molar-refractivity contribution in [3.8, 4) is 5.75 Å². The Morgan fingerprint density at radius 1 is 0.931 bits per heavy atom. The fraction of sp³-hybridized carbons (Fsp3) is 0.667. The third kappa shape index (κ3) is 5.24. The molecular formula is C18H23F3O6S2. The van der Waals surface area contributed by atoms with Gasteiger partial charge >= 0.3 is 15.6 Å². The summed E-state index contributed by atoms with van der Waals surface area (Å²) in [6.07, 6.45) is 8.06. The SMILES string of the molecule is CS(=O)(=O)O.O=S(=O)(Oc1ccc(C23CC4CC(CC(C4)C2)C3)cc1)C(F)(F)F. The van der Waals surface area contributed by atoms with Crippen LogP contribution in [0.4, 0.5) is 13.2 Å². The molecule has 0 spiro atoms. The zero-order valence-corrected chi connectivity index (χ0v) is 17.4. The van der Waals surface area contributed by atoms with E-state index in [0.29, 0.717) is 6.26 Å². The van der Waals surface area contributed by atoms with Crippen molar-refractivity contribution >= 4 is 20.2 Å². The lowest BCUT2D eigenvalue weighted by Gasteiger charge is -2.57. The molecule has 29 heavy (non-hydrogen) atoms. The summed E-state index contributed by atoms with van der Waals surface area (Å²) in [6, 6.07) is 6.18. The lowest BCUT2D eigenvalue weighted by Crippen LogP contribution is -2.48. The van der Waals surface area contributed by atoms with Crippen LogP contribution < -0.4 is 4.18 Å². The van der Waals surface area contributed by atoms with Gasteiger partial charge in [-0.2, -0.15) is 30.0 Å².